The molecule has 0 bridgehead atoms. The highest BCUT2D eigenvalue weighted by atomic mass is 16.3. The number of hydrazone groups is 1. The number of aromatic nitrogens is 2. The number of hydrogen-bond donors (Lipinski definition) is 2. The van der Waals surface area contributed by atoms with Gasteiger partial charge < -0.3 is 4.42 Å². The summed E-state index contributed by atoms with van der Waals surface area (Å²) in [5.41, 5.74) is 5.78. The molecule has 2 heterocycles. The number of carbonyl (C=O) groups excluding carboxylic acids is 1. The Morgan fingerprint density at radius 3 is 2.72 bits per heavy atom. The molecule has 0 saturated heterocycles. The zero-order valence-corrected chi connectivity index (χ0v) is 15.3. The number of carbonyl (C=O) groups is 1. The lowest BCUT2D eigenvalue weighted by Crippen LogP contribution is -2.16. The molecule has 29 heavy (non-hydrogen) atoms. The SMILES string of the molecule is O=C(N/N=C/c1cn[nH]c1-c1ccccc1)c1cc2c(ccc3ccccc32)o1. The van der Waals surface area contributed by atoms with Crippen molar-refractivity contribution in [3.63, 3.8) is 0 Å². The highest BCUT2D eigenvalue weighted by Crippen LogP contribution is 2.28. The number of benzene rings is 3. The van der Waals surface area contributed by atoms with E-state index in [1.165, 1.54) is 0 Å². The summed E-state index contributed by atoms with van der Waals surface area (Å²) in [7, 11) is 0. The smallest absolute Gasteiger partial charge is 0.307 e. The molecule has 6 heteroatoms. The summed E-state index contributed by atoms with van der Waals surface area (Å²) < 4.78 is 5.71. The predicted octanol–water partition coefficient (Wildman–Crippen LogP) is 4.74. The van der Waals surface area contributed by atoms with Crippen LogP contribution in [0.15, 0.2) is 88.5 Å². The van der Waals surface area contributed by atoms with Crippen molar-refractivity contribution >= 4 is 33.9 Å². The van der Waals surface area contributed by atoms with Crippen LogP contribution in [0.1, 0.15) is 16.1 Å². The van der Waals surface area contributed by atoms with Crippen LogP contribution in [0.4, 0.5) is 0 Å². The summed E-state index contributed by atoms with van der Waals surface area (Å²) in [4.78, 5) is 12.5. The van der Waals surface area contributed by atoms with Crippen LogP contribution < -0.4 is 5.43 Å². The number of fused-ring (bicyclic) bond motifs is 3. The second kappa shape index (κ2) is 7.09. The molecule has 3 aromatic carbocycles. The lowest BCUT2D eigenvalue weighted by atomic mass is 10.1. The zero-order valence-electron chi connectivity index (χ0n) is 15.3. The van der Waals surface area contributed by atoms with Crippen molar-refractivity contribution in [1.82, 2.24) is 15.6 Å². The van der Waals surface area contributed by atoms with Gasteiger partial charge in [-0.2, -0.15) is 10.2 Å². The lowest BCUT2D eigenvalue weighted by molar-refractivity contribution is 0.0929. The Bertz CT molecular complexity index is 1350. The summed E-state index contributed by atoms with van der Waals surface area (Å²) in [5.74, 6) is -0.199. The Hall–Kier alpha value is -4.19. The molecule has 0 aliphatic heterocycles. The minimum absolute atomic E-state index is 0.212. The van der Waals surface area contributed by atoms with E-state index in [-0.39, 0.29) is 5.76 Å². The largest absolute Gasteiger partial charge is 0.451 e. The molecule has 5 aromatic rings. The molecule has 0 saturated carbocycles. The van der Waals surface area contributed by atoms with Gasteiger partial charge in [-0.3, -0.25) is 9.89 Å². The van der Waals surface area contributed by atoms with Crippen molar-refractivity contribution < 1.29 is 9.21 Å². The minimum atomic E-state index is -0.411. The van der Waals surface area contributed by atoms with Gasteiger partial charge in [0.2, 0.25) is 0 Å². The number of H-pyrrole nitrogens is 1. The van der Waals surface area contributed by atoms with Crippen LogP contribution in [0.25, 0.3) is 33.0 Å². The molecule has 0 aliphatic carbocycles. The maximum Gasteiger partial charge on any atom is 0.307 e. The van der Waals surface area contributed by atoms with Gasteiger partial charge in [0.1, 0.15) is 5.58 Å². The van der Waals surface area contributed by atoms with Crippen molar-refractivity contribution in [2.45, 2.75) is 0 Å². The fraction of sp³-hybridized carbons (Fsp3) is 0. The number of furan rings is 1. The molecule has 0 radical (unpaired) electrons. The predicted molar refractivity (Wildman–Crippen MR) is 113 cm³/mol. The standard InChI is InChI=1S/C23H16N4O2/c28-23(21-12-19-18-9-5-4-6-15(18)10-11-20(19)29-21)27-25-14-17-13-24-26-22(17)16-7-2-1-3-8-16/h1-14H,(H,24,26)(H,27,28)/b25-14+. The van der Waals surface area contributed by atoms with Crippen molar-refractivity contribution in [1.29, 1.82) is 0 Å². The number of hydrogen-bond acceptors (Lipinski definition) is 4. The van der Waals surface area contributed by atoms with E-state index in [0.29, 0.717) is 5.58 Å². The topological polar surface area (TPSA) is 83.3 Å². The third kappa shape index (κ3) is 3.17. The van der Waals surface area contributed by atoms with Crippen molar-refractivity contribution in [3.05, 3.63) is 90.3 Å². The molecule has 1 amide bonds. The number of nitrogens with one attached hydrogen (secondary N) is 2. The average molecular weight is 380 g/mol. The number of aromatic amines is 1. The first-order chi connectivity index (χ1) is 14.3. The minimum Gasteiger partial charge on any atom is -0.451 e. The number of nitrogens with zero attached hydrogens (tertiary/aromatic N) is 2. The summed E-state index contributed by atoms with van der Waals surface area (Å²) >= 11 is 0. The Morgan fingerprint density at radius 1 is 1.00 bits per heavy atom. The summed E-state index contributed by atoms with van der Waals surface area (Å²) in [5, 5.41) is 14.1. The Balaban J connectivity index is 1.38. The third-order valence-electron chi connectivity index (χ3n) is 4.75. The van der Waals surface area contributed by atoms with Gasteiger partial charge in [-0.25, -0.2) is 5.43 Å². The molecule has 0 fully saturated rings. The molecule has 2 N–H and O–H groups in total. The highest BCUT2D eigenvalue weighted by Gasteiger charge is 2.13. The van der Waals surface area contributed by atoms with Crippen molar-refractivity contribution in [3.8, 4) is 11.3 Å². The highest BCUT2D eigenvalue weighted by molar-refractivity contribution is 6.08. The first-order valence-electron chi connectivity index (χ1n) is 9.13. The molecule has 0 unspecified atom stereocenters. The van der Waals surface area contributed by atoms with Gasteiger partial charge in [-0.1, -0.05) is 60.7 Å². The van der Waals surface area contributed by atoms with Crippen LogP contribution in [0.5, 0.6) is 0 Å². The van der Waals surface area contributed by atoms with E-state index in [9.17, 15) is 4.79 Å². The van der Waals surface area contributed by atoms with Crippen LogP contribution in [0.2, 0.25) is 0 Å². The van der Waals surface area contributed by atoms with Gasteiger partial charge >= 0.3 is 5.91 Å². The van der Waals surface area contributed by atoms with E-state index < -0.39 is 5.91 Å². The zero-order chi connectivity index (χ0) is 19.6. The van der Waals surface area contributed by atoms with Gasteiger partial charge in [-0.15, -0.1) is 0 Å². The van der Waals surface area contributed by atoms with Crippen molar-refractivity contribution in [2.24, 2.45) is 5.10 Å². The summed E-state index contributed by atoms with van der Waals surface area (Å²) in [6, 6.07) is 23.4. The molecule has 5 rings (SSSR count). The lowest BCUT2D eigenvalue weighted by Gasteiger charge is -1.99. The summed E-state index contributed by atoms with van der Waals surface area (Å²) in [6.07, 6.45) is 3.22. The molecule has 2 aromatic heterocycles. The van der Waals surface area contributed by atoms with Crippen LogP contribution in [-0.2, 0) is 0 Å². The van der Waals surface area contributed by atoms with Gasteiger partial charge in [0.05, 0.1) is 18.1 Å². The molecular weight excluding hydrogens is 364 g/mol. The van der Waals surface area contributed by atoms with E-state index >= 15 is 0 Å². The first kappa shape index (κ1) is 16.9. The van der Waals surface area contributed by atoms with E-state index in [0.717, 1.165) is 33.0 Å². The molecule has 0 spiro atoms. The average Bonchev–Trinajstić information content (AvgIpc) is 3.41. The third-order valence-corrected chi connectivity index (χ3v) is 4.75. The fourth-order valence-corrected chi connectivity index (χ4v) is 3.35. The Kier molecular flexibility index (Phi) is 4.14. The maximum absolute atomic E-state index is 12.5. The van der Waals surface area contributed by atoms with E-state index in [4.69, 9.17) is 4.42 Å². The van der Waals surface area contributed by atoms with E-state index in [2.05, 4.69) is 20.7 Å². The molecule has 140 valence electrons. The van der Waals surface area contributed by atoms with Crippen LogP contribution in [0, 0.1) is 0 Å². The van der Waals surface area contributed by atoms with E-state index in [1.54, 1.807) is 18.5 Å². The molecular formula is C23H16N4O2. The van der Waals surface area contributed by atoms with Crippen LogP contribution >= 0.6 is 0 Å². The van der Waals surface area contributed by atoms with Crippen molar-refractivity contribution in [2.75, 3.05) is 0 Å². The Morgan fingerprint density at radius 2 is 1.83 bits per heavy atom. The van der Waals surface area contributed by atoms with Crippen LogP contribution in [-0.4, -0.2) is 22.3 Å². The van der Waals surface area contributed by atoms with Gasteiger partial charge in [0.25, 0.3) is 0 Å². The monoisotopic (exact) mass is 380 g/mol. The van der Waals surface area contributed by atoms with Gasteiger partial charge in [-0.05, 0) is 22.9 Å². The molecule has 0 aliphatic rings. The number of rotatable bonds is 4. The fourth-order valence-electron chi connectivity index (χ4n) is 3.35. The van der Waals surface area contributed by atoms with Crippen LogP contribution in [0.3, 0.4) is 0 Å². The summed E-state index contributed by atoms with van der Waals surface area (Å²) in [6.45, 7) is 0. The molecule has 0 atom stereocenters. The first-order valence-corrected chi connectivity index (χ1v) is 9.13. The van der Waals surface area contributed by atoms with E-state index in [1.807, 2.05) is 66.7 Å². The quantitative estimate of drug-likeness (QED) is 0.349. The normalized spacial score (nSPS) is 11.4. The van der Waals surface area contributed by atoms with Gasteiger partial charge in [0, 0.05) is 16.5 Å². The van der Waals surface area contributed by atoms with Gasteiger partial charge in [0.15, 0.2) is 5.76 Å². The number of amides is 1. The maximum atomic E-state index is 12.5. The second-order valence-electron chi connectivity index (χ2n) is 6.57. The second-order valence-corrected chi connectivity index (χ2v) is 6.57. The Labute approximate surface area is 165 Å². The molecule has 6 nitrogen and oxygen atoms in total.